The Morgan fingerprint density at radius 2 is 1.78 bits per heavy atom. The van der Waals surface area contributed by atoms with Crippen LogP contribution < -0.4 is 5.32 Å². The summed E-state index contributed by atoms with van der Waals surface area (Å²) in [6.07, 6.45) is 3.92. The van der Waals surface area contributed by atoms with Crippen LogP contribution in [0.25, 0.3) is 0 Å². The molecule has 1 aliphatic rings. The minimum absolute atomic E-state index is 0.583. The molecule has 0 heterocycles. The highest BCUT2D eigenvalue weighted by Gasteiger charge is 2.17. The lowest BCUT2D eigenvalue weighted by Crippen LogP contribution is -2.29. The SMILES string of the molecule is CC(C)NCC(C)C(C)c1ccc2c(c1)CCC2. The molecule has 100 valence electrons. The van der Waals surface area contributed by atoms with Crippen molar-refractivity contribution in [2.75, 3.05) is 6.54 Å². The summed E-state index contributed by atoms with van der Waals surface area (Å²) in [5.74, 6) is 1.33. The third kappa shape index (κ3) is 3.14. The molecule has 2 rings (SSSR count). The van der Waals surface area contributed by atoms with E-state index in [4.69, 9.17) is 0 Å². The highest BCUT2D eigenvalue weighted by atomic mass is 14.9. The summed E-state index contributed by atoms with van der Waals surface area (Å²) in [6, 6.07) is 7.75. The van der Waals surface area contributed by atoms with Crippen molar-refractivity contribution < 1.29 is 0 Å². The lowest BCUT2D eigenvalue weighted by atomic mass is 9.87. The van der Waals surface area contributed by atoms with E-state index in [9.17, 15) is 0 Å². The smallest absolute Gasteiger partial charge is 0.00104 e. The van der Waals surface area contributed by atoms with E-state index in [0.29, 0.717) is 17.9 Å². The number of benzene rings is 1. The first-order valence-electron chi connectivity index (χ1n) is 7.43. The van der Waals surface area contributed by atoms with E-state index in [1.165, 1.54) is 24.8 Å². The van der Waals surface area contributed by atoms with E-state index in [1.807, 2.05) is 0 Å². The third-order valence-corrected chi connectivity index (χ3v) is 4.35. The zero-order valence-electron chi connectivity index (χ0n) is 12.3. The molecule has 0 aromatic heterocycles. The molecule has 1 aliphatic carbocycles. The summed E-state index contributed by atoms with van der Waals surface area (Å²) in [5, 5.41) is 3.55. The maximum absolute atomic E-state index is 3.55. The van der Waals surface area contributed by atoms with E-state index in [-0.39, 0.29) is 0 Å². The molecule has 2 unspecified atom stereocenters. The molecule has 0 spiro atoms. The van der Waals surface area contributed by atoms with E-state index < -0.39 is 0 Å². The predicted molar refractivity (Wildman–Crippen MR) is 79.2 cm³/mol. The van der Waals surface area contributed by atoms with Gasteiger partial charge in [0.1, 0.15) is 0 Å². The van der Waals surface area contributed by atoms with Gasteiger partial charge in [0.25, 0.3) is 0 Å². The highest BCUT2D eigenvalue weighted by Crippen LogP contribution is 2.29. The number of rotatable bonds is 5. The highest BCUT2D eigenvalue weighted by molar-refractivity contribution is 5.36. The largest absolute Gasteiger partial charge is 0.314 e. The topological polar surface area (TPSA) is 12.0 Å². The fourth-order valence-corrected chi connectivity index (χ4v) is 2.80. The van der Waals surface area contributed by atoms with E-state index >= 15 is 0 Å². The fraction of sp³-hybridized carbons (Fsp3) is 0.647. The van der Waals surface area contributed by atoms with Gasteiger partial charge in [0.05, 0.1) is 0 Å². The molecule has 2 atom stereocenters. The average molecular weight is 245 g/mol. The van der Waals surface area contributed by atoms with Gasteiger partial charge in [0.2, 0.25) is 0 Å². The summed E-state index contributed by atoms with van der Waals surface area (Å²) >= 11 is 0. The minimum Gasteiger partial charge on any atom is -0.314 e. The fourth-order valence-electron chi connectivity index (χ4n) is 2.80. The van der Waals surface area contributed by atoms with Crippen molar-refractivity contribution in [3.63, 3.8) is 0 Å². The standard InChI is InChI=1S/C17H27N/c1-12(2)18-11-13(3)14(4)16-9-8-15-6-5-7-17(15)10-16/h8-10,12-14,18H,5-7,11H2,1-4H3. The number of hydrogen-bond acceptors (Lipinski definition) is 1. The quantitative estimate of drug-likeness (QED) is 0.829. The van der Waals surface area contributed by atoms with Gasteiger partial charge in [0, 0.05) is 6.04 Å². The number of nitrogens with one attached hydrogen (secondary N) is 1. The van der Waals surface area contributed by atoms with Crippen molar-refractivity contribution in [2.24, 2.45) is 5.92 Å². The predicted octanol–water partition coefficient (Wildman–Crippen LogP) is 3.91. The lowest BCUT2D eigenvalue weighted by Gasteiger charge is -2.22. The molecule has 0 amide bonds. The van der Waals surface area contributed by atoms with E-state index in [1.54, 1.807) is 11.1 Å². The van der Waals surface area contributed by atoms with Gasteiger partial charge in [-0.2, -0.15) is 0 Å². The third-order valence-electron chi connectivity index (χ3n) is 4.35. The van der Waals surface area contributed by atoms with Crippen LogP contribution in [-0.2, 0) is 12.8 Å². The zero-order valence-corrected chi connectivity index (χ0v) is 12.3. The molecular weight excluding hydrogens is 218 g/mol. The average Bonchev–Trinajstić information content (AvgIpc) is 2.81. The van der Waals surface area contributed by atoms with Crippen LogP contribution in [0.4, 0.5) is 0 Å². The Labute approximate surface area is 112 Å². The number of hydrogen-bond donors (Lipinski definition) is 1. The second-order valence-electron chi connectivity index (χ2n) is 6.21. The van der Waals surface area contributed by atoms with Crippen LogP contribution in [0, 0.1) is 5.92 Å². The maximum atomic E-state index is 3.55. The van der Waals surface area contributed by atoms with E-state index in [2.05, 4.69) is 51.2 Å². The van der Waals surface area contributed by atoms with Crippen LogP contribution in [0.15, 0.2) is 18.2 Å². The molecule has 0 bridgehead atoms. The molecule has 0 radical (unpaired) electrons. The van der Waals surface area contributed by atoms with Crippen molar-refractivity contribution >= 4 is 0 Å². The molecule has 1 N–H and O–H groups in total. The first kappa shape index (κ1) is 13.6. The lowest BCUT2D eigenvalue weighted by molar-refractivity contribution is 0.426. The Hall–Kier alpha value is -0.820. The van der Waals surface area contributed by atoms with Gasteiger partial charge >= 0.3 is 0 Å². The normalized spacial score (nSPS) is 17.8. The van der Waals surface area contributed by atoms with Crippen LogP contribution in [0.1, 0.15) is 56.7 Å². The van der Waals surface area contributed by atoms with Crippen molar-refractivity contribution in [3.8, 4) is 0 Å². The number of fused-ring (bicyclic) bond motifs is 1. The Balaban J connectivity index is 2.02. The summed E-state index contributed by atoms with van der Waals surface area (Å²) in [5.41, 5.74) is 4.70. The molecule has 0 saturated heterocycles. The molecule has 1 heteroatoms. The van der Waals surface area contributed by atoms with Crippen LogP contribution in [0.3, 0.4) is 0 Å². The molecule has 0 aliphatic heterocycles. The number of aryl methyl sites for hydroxylation is 2. The van der Waals surface area contributed by atoms with Crippen LogP contribution >= 0.6 is 0 Å². The van der Waals surface area contributed by atoms with Crippen LogP contribution in [0.5, 0.6) is 0 Å². The van der Waals surface area contributed by atoms with Crippen molar-refractivity contribution in [1.82, 2.24) is 5.32 Å². The molecule has 18 heavy (non-hydrogen) atoms. The van der Waals surface area contributed by atoms with Gasteiger partial charge in [-0.3, -0.25) is 0 Å². The Bertz CT molecular complexity index is 395. The van der Waals surface area contributed by atoms with Gasteiger partial charge < -0.3 is 5.32 Å². The maximum Gasteiger partial charge on any atom is 0.00104 e. The molecule has 1 nitrogen and oxygen atoms in total. The summed E-state index contributed by atoms with van der Waals surface area (Å²) in [7, 11) is 0. The monoisotopic (exact) mass is 245 g/mol. The first-order chi connectivity index (χ1) is 8.58. The van der Waals surface area contributed by atoms with Crippen LogP contribution in [0.2, 0.25) is 0 Å². The Kier molecular flexibility index (Phi) is 4.45. The van der Waals surface area contributed by atoms with Gasteiger partial charge in [-0.1, -0.05) is 45.9 Å². The van der Waals surface area contributed by atoms with E-state index in [0.717, 1.165) is 6.54 Å². The van der Waals surface area contributed by atoms with Crippen molar-refractivity contribution in [1.29, 1.82) is 0 Å². The second-order valence-corrected chi connectivity index (χ2v) is 6.21. The summed E-state index contributed by atoms with van der Waals surface area (Å²) in [4.78, 5) is 0. The van der Waals surface area contributed by atoms with Gasteiger partial charge in [-0.05, 0) is 54.3 Å². The van der Waals surface area contributed by atoms with Crippen molar-refractivity contribution in [3.05, 3.63) is 34.9 Å². The van der Waals surface area contributed by atoms with Gasteiger partial charge in [0.15, 0.2) is 0 Å². The minimum atomic E-state index is 0.583. The van der Waals surface area contributed by atoms with Crippen LogP contribution in [-0.4, -0.2) is 12.6 Å². The van der Waals surface area contributed by atoms with Gasteiger partial charge in [-0.15, -0.1) is 0 Å². The molecular formula is C17H27N. The molecule has 1 aromatic carbocycles. The molecule has 0 fully saturated rings. The second kappa shape index (κ2) is 5.88. The summed E-state index contributed by atoms with van der Waals surface area (Å²) < 4.78 is 0. The summed E-state index contributed by atoms with van der Waals surface area (Å²) in [6.45, 7) is 10.3. The molecule has 0 saturated carbocycles. The van der Waals surface area contributed by atoms with Crippen molar-refractivity contribution in [2.45, 2.75) is 58.9 Å². The Morgan fingerprint density at radius 3 is 2.50 bits per heavy atom. The van der Waals surface area contributed by atoms with Gasteiger partial charge in [-0.25, -0.2) is 0 Å². The first-order valence-corrected chi connectivity index (χ1v) is 7.43. The molecule has 1 aromatic rings. The zero-order chi connectivity index (χ0) is 13.1. The Morgan fingerprint density at radius 1 is 1.06 bits per heavy atom.